The zero-order valence-corrected chi connectivity index (χ0v) is 14.7. The fraction of sp³-hybridized carbons (Fsp3) is 0.368. The molecule has 1 aliphatic heterocycles. The molecule has 1 aliphatic rings. The van der Waals surface area contributed by atoms with E-state index in [0.717, 1.165) is 17.1 Å². The molecule has 126 valence electrons. The number of para-hydroxylation sites is 1. The number of benzene rings is 2. The maximum absolute atomic E-state index is 6.40. The lowest BCUT2D eigenvalue weighted by Gasteiger charge is -2.32. The molecule has 1 fully saturated rings. The summed E-state index contributed by atoms with van der Waals surface area (Å²) in [5, 5.41) is 0. The first-order valence-electron chi connectivity index (χ1n) is 8.23. The molecule has 3 rings (SSSR count). The van der Waals surface area contributed by atoms with Gasteiger partial charge >= 0.3 is 7.12 Å². The van der Waals surface area contributed by atoms with Crippen LogP contribution < -0.4 is 10.5 Å². The second-order valence-corrected chi connectivity index (χ2v) is 7.14. The van der Waals surface area contributed by atoms with Crippen LogP contribution in [-0.2, 0) is 9.31 Å². The zero-order chi connectivity index (χ0) is 17.4. The standard InChI is InChI=1S/C19H24BNO3/c1-18(2)19(3,4)24-20(23-18)17(21)14-9-8-12-16(13-14)22-15-10-6-5-7-11-15/h5-13,17H,21H2,1-4H3/t17-/m1/s1. The van der Waals surface area contributed by atoms with E-state index in [0.29, 0.717) is 0 Å². The molecule has 0 amide bonds. The summed E-state index contributed by atoms with van der Waals surface area (Å²) in [6, 6.07) is 17.4. The summed E-state index contributed by atoms with van der Waals surface area (Å²) < 4.78 is 18.0. The van der Waals surface area contributed by atoms with Crippen molar-refractivity contribution in [2.75, 3.05) is 0 Å². The van der Waals surface area contributed by atoms with Gasteiger partial charge < -0.3 is 19.8 Å². The van der Waals surface area contributed by atoms with E-state index in [9.17, 15) is 0 Å². The summed E-state index contributed by atoms with van der Waals surface area (Å²) in [4.78, 5) is 0. The largest absolute Gasteiger partial charge is 0.480 e. The average Bonchev–Trinajstić information content (AvgIpc) is 2.76. The minimum atomic E-state index is -0.484. The summed E-state index contributed by atoms with van der Waals surface area (Å²) >= 11 is 0. The van der Waals surface area contributed by atoms with E-state index in [1.807, 2.05) is 82.3 Å². The Labute approximate surface area is 144 Å². The number of rotatable bonds is 4. The molecule has 2 aromatic carbocycles. The van der Waals surface area contributed by atoms with Crippen LogP contribution in [0.4, 0.5) is 0 Å². The Morgan fingerprint density at radius 1 is 0.875 bits per heavy atom. The van der Waals surface area contributed by atoms with Gasteiger partial charge in [-0.3, -0.25) is 0 Å². The Balaban J connectivity index is 1.77. The van der Waals surface area contributed by atoms with Crippen LogP contribution in [-0.4, -0.2) is 18.3 Å². The van der Waals surface area contributed by atoms with Crippen LogP contribution in [0.3, 0.4) is 0 Å². The number of hydrogen-bond acceptors (Lipinski definition) is 4. The molecule has 5 heteroatoms. The highest BCUT2D eigenvalue weighted by Gasteiger charge is 2.53. The third-order valence-electron chi connectivity index (χ3n) is 4.79. The van der Waals surface area contributed by atoms with Crippen molar-refractivity contribution in [2.45, 2.75) is 44.8 Å². The van der Waals surface area contributed by atoms with Gasteiger partial charge in [0.2, 0.25) is 0 Å². The maximum atomic E-state index is 6.40. The van der Waals surface area contributed by atoms with Gasteiger partial charge in [-0.2, -0.15) is 0 Å². The zero-order valence-electron chi connectivity index (χ0n) is 14.7. The first-order chi connectivity index (χ1) is 11.3. The molecule has 4 nitrogen and oxygen atoms in total. The quantitative estimate of drug-likeness (QED) is 0.860. The lowest BCUT2D eigenvalue weighted by Crippen LogP contribution is -2.41. The van der Waals surface area contributed by atoms with E-state index in [2.05, 4.69) is 0 Å². The van der Waals surface area contributed by atoms with Crippen molar-refractivity contribution in [1.29, 1.82) is 0 Å². The predicted molar refractivity (Wildman–Crippen MR) is 96.0 cm³/mol. The molecule has 0 aromatic heterocycles. The van der Waals surface area contributed by atoms with E-state index in [1.54, 1.807) is 0 Å². The Hall–Kier alpha value is -1.82. The smallest absolute Gasteiger partial charge is 0.457 e. The van der Waals surface area contributed by atoms with Crippen LogP contribution in [0.25, 0.3) is 0 Å². The molecule has 0 bridgehead atoms. The van der Waals surface area contributed by atoms with Gasteiger partial charge in [-0.25, -0.2) is 0 Å². The summed E-state index contributed by atoms with van der Waals surface area (Å²) in [5.41, 5.74) is 6.53. The first kappa shape index (κ1) is 17.0. The van der Waals surface area contributed by atoms with Crippen LogP contribution >= 0.6 is 0 Å². The Bertz CT molecular complexity index is 687. The molecule has 1 atom stereocenters. The molecule has 0 spiro atoms. The lowest BCUT2D eigenvalue weighted by atomic mass is 9.75. The van der Waals surface area contributed by atoms with Crippen molar-refractivity contribution in [1.82, 2.24) is 0 Å². The molecule has 24 heavy (non-hydrogen) atoms. The fourth-order valence-corrected chi connectivity index (χ4v) is 2.60. The molecule has 0 aliphatic carbocycles. The first-order valence-corrected chi connectivity index (χ1v) is 8.23. The second kappa shape index (κ2) is 6.24. The van der Waals surface area contributed by atoms with Crippen molar-refractivity contribution < 1.29 is 14.0 Å². The van der Waals surface area contributed by atoms with Crippen molar-refractivity contribution >= 4 is 7.12 Å². The third kappa shape index (κ3) is 3.34. The monoisotopic (exact) mass is 325 g/mol. The van der Waals surface area contributed by atoms with Gasteiger partial charge in [-0.05, 0) is 57.5 Å². The minimum absolute atomic E-state index is 0.384. The van der Waals surface area contributed by atoms with E-state index in [4.69, 9.17) is 19.8 Å². The molecule has 1 saturated heterocycles. The molecule has 0 saturated carbocycles. The highest BCUT2D eigenvalue weighted by molar-refractivity contribution is 6.47. The van der Waals surface area contributed by atoms with Gasteiger partial charge in [0.05, 0.1) is 17.1 Å². The second-order valence-electron chi connectivity index (χ2n) is 7.14. The molecule has 0 unspecified atom stereocenters. The van der Waals surface area contributed by atoms with Crippen molar-refractivity contribution in [3.05, 3.63) is 60.2 Å². The van der Waals surface area contributed by atoms with E-state index in [1.165, 1.54) is 0 Å². The van der Waals surface area contributed by atoms with Crippen LogP contribution in [0.2, 0.25) is 0 Å². The van der Waals surface area contributed by atoms with E-state index in [-0.39, 0.29) is 5.94 Å². The minimum Gasteiger partial charge on any atom is -0.457 e. The molecular formula is C19H24BNO3. The van der Waals surface area contributed by atoms with Crippen LogP contribution in [0.15, 0.2) is 54.6 Å². The topological polar surface area (TPSA) is 53.7 Å². The summed E-state index contributed by atoms with van der Waals surface area (Å²) in [6.07, 6.45) is 0. The van der Waals surface area contributed by atoms with Gasteiger partial charge in [-0.15, -0.1) is 0 Å². The van der Waals surface area contributed by atoms with Gasteiger partial charge in [0.1, 0.15) is 11.5 Å². The number of nitrogens with two attached hydrogens (primary N) is 1. The number of ether oxygens (including phenoxy) is 1. The van der Waals surface area contributed by atoms with Gasteiger partial charge in [-0.1, -0.05) is 30.3 Å². The van der Waals surface area contributed by atoms with Crippen molar-refractivity contribution in [3.8, 4) is 11.5 Å². The summed E-state index contributed by atoms with van der Waals surface area (Å²) in [6.45, 7) is 8.09. The summed E-state index contributed by atoms with van der Waals surface area (Å²) in [7, 11) is -0.484. The average molecular weight is 325 g/mol. The fourth-order valence-electron chi connectivity index (χ4n) is 2.60. The van der Waals surface area contributed by atoms with Crippen molar-refractivity contribution in [3.63, 3.8) is 0 Å². The Morgan fingerprint density at radius 2 is 1.46 bits per heavy atom. The lowest BCUT2D eigenvalue weighted by molar-refractivity contribution is 0.00578. The van der Waals surface area contributed by atoms with Gasteiger partial charge in [0, 0.05) is 0 Å². The van der Waals surface area contributed by atoms with E-state index >= 15 is 0 Å². The van der Waals surface area contributed by atoms with Crippen LogP contribution in [0.1, 0.15) is 39.2 Å². The molecule has 1 heterocycles. The Morgan fingerprint density at radius 3 is 2.08 bits per heavy atom. The Kier molecular flexibility index (Phi) is 4.43. The number of hydrogen-bond donors (Lipinski definition) is 1. The highest BCUT2D eigenvalue weighted by Crippen LogP contribution is 2.39. The third-order valence-corrected chi connectivity index (χ3v) is 4.79. The molecular weight excluding hydrogens is 301 g/mol. The van der Waals surface area contributed by atoms with Crippen LogP contribution in [0.5, 0.6) is 11.5 Å². The molecule has 0 radical (unpaired) electrons. The maximum Gasteiger partial charge on any atom is 0.480 e. The predicted octanol–water partition coefficient (Wildman–Crippen LogP) is 4.11. The highest BCUT2D eigenvalue weighted by atomic mass is 16.7. The van der Waals surface area contributed by atoms with Crippen molar-refractivity contribution in [2.24, 2.45) is 5.73 Å². The van der Waals surface area contributed by atoms with E-state index < -0.39 is 18.3 Å². The normalized spacial score (nSPS) is 20.0. The van der Waals surface area contributed by atoms with Crippen LogP contribution in [0, 0.1) is 0 Å². The van der Waals surface area contributed by atoms with Gasteiger partial charge in [0.15, 0.2) is 0 Å². The SMILES string of the molecule is CC1(C)OB([C@H](N)c2cccc(Oc3ccccc3)c2)OC1(C)C. The van der Waals surface area contributed by atoms with Gasteiger partial charge in [0.25, 0.3) is 0 Å². The molecule has 2 aromatic rings. The summed E-state index contributed by atoms with van der Waals surface area (Å²) in [5.74, 6) is 1.15. The molecule has 2 N–H and O–H groups in total.